The SMILES string of the molecule is CCOC(=O)C1=C(C)N=c2s/c(=C/c3ccc(Br)cc3)c(=O)n2[C@@H]1c1ccc(SC)cc1. The third-order valence-electron chi connectivity index (χ3n) is 5.12. The minimum absolute atomic E-state index is 0.176. The number of ether oxygens (including phenoxy) is 1. The van der Waals surface area contributed by atoms with Gasteiger partial charge in [-0.3, -0.25) is 9.36 Å². The molecule has 1 aliphatic rings. The smallest absolute Gasteiger partial charge is 0.338 e. The van der Waals surface area contributed by atoms with Crippen LogP contribution in [0.25, 0.3) is 6.08 Å². The van der Waals surface area contributed by atoms with Crippen LogP contribution < -0.4 is 14.9 Å². The van der Waals surface area contributed by atoms with Crippen LogP contribution in [0.2, 0.25) is 0 Å². The Hall–Kier alpha value is -2.42. The van der Waals surface area contributed by atoms with Crippen molar-refractivity contribution in [3.63, 3.8) is 0 Å². The number of rotatable bonds is 5. The number of allylic oxidation sites excluding steroid dienone is 1. The molecule has 0 bridgehead atoms. The Kier molecular flexibility index (Phi) is 6.83. The molecule has 0 spiro atoms. The van der Waals surface area contributed by atoms with Crippen LogP contribution in [0.5, 0.6) is 0 Å². The lowest BCUT2D eigenvalue weighted by Crippen LogP contribution is -2.39. The van der Waals surface area contributed by atoms with E-state index in [1.54, 1.807) is 30.2 Å². The van der Waals surface area contributed by atoms with Gasteiger partial charge < -0.3 is 4.74 Å². The molecule has 0 fully saturated rings. The molecule has 8 heteroatoms. The van der Waals surface area contributed by atoms with E-state index >= 15 is 0 Å². The van der Waals surface area contributed by atoms with Gasteiger partial charge in [-0.1, -0.05) is 51.5 Å². The number of carbonyl (C=O) groups excluding carboxylic acids is 1. The number of hydrogen-bond acceptors (Lipinski definition) is 6. The van der Waals surface area contributed by atoms with E-state index in [1.807, 2.05) is 60.9 Å². The Bertz CT molecular complexity index is 1370. The highest BCUT2D eigenvalue weighted by molar-refractivity contribution is 9.10. The van der Waals surface area contributed by atoms with Crippen molar-refractivity contribution in [2.75, 3.05) is 12.9 Å². The summed E-state index contributed by atoms with van der Waals surface area (Å²) >= 11 is 6.39. The molecule has 0 N–H and O–H groups in total. The van der Waals surface area contributed by atoms with Gasteiger partial charge in [0.05, 0.1) is 28.5 Å². The van der Waals surface area contributed by atoms with Crippen molar-refractivity contribution in [2.45, 2.75) is 24.8 Å². The van der Waals surface area contributed by atoms with Gasteiger partial charge in [-0.2, -0.15) is 0 Å². The van der Waals surface area contributed by atoms with Gasteiger partial charge in [0.1, 0.15) is 0 Å². The van der Waals surface area contributed by atoms with Crippen molar-refractivity contribution in [3.05, 3.63) is 95.1 Å². The van der Waals surface area contributed by atoms with Gasteiger partial charge >= 0.3 is 5.97 Å². The van der Waals surface area contributed by atoms with Crippen LogP contribution in [-0.4, -0.2) is 23.4 Å². The first kappa shape index (κ1) is 22.8. The third kappa shape index (κ3) is 4.40. The first-order valence-electron chi connectivity index (χ1n) is 10.0. The summed E-state index contributed by atoms with van der Waals surface area (Å²) < 4.78 is 8.48. The zero-order chi connectivity index (χ0) is 22.8. The van der Waals surface area contributed by atoms with Crippen molar-refractivity contribution in [2.24, 2.45) is 4.99 Å². The second-order valence-corrected chi connectivity index (χ2v) is 9.93. The van der Waals surface area contributed by atoms with Crippen LogP contribution >= 0.6 is 39.0 Å². The van der Waals surface area contributed by atoms with Gasteiger partial charge in [0, 0.05) is 9.37 Å². The zero-order valence-corrected chi connectivity index (χ0v) is 21.0. The lowest BCUT2D eigenvalue weighted by atomic mass is 9.96. The summed E-state index contributed by atoms with van der Waals surface area (Å²) in [7, 11) is 0. The summed E-state index contributed by atoms with van der Waals surface area (Å²) in [6.07, 6.45) is 3.86. The van der Waals surface area contributed by atoms with Crippen LogP contribution in [0.1, 0.15) is 31.0 Å². The minimum atomic E-state index is -0.590. The predicted molar refractivity (Wildman–Crippen MR) is 133 cm³/mol. The van der Waals surface area contributed by atoms with E-state index in [9.17, 15) is 9.59 Å². The number of aromatic nitrogens is 1. The Morgan fingerprint density at radius 2 is 1.91 bits per heavy atom. The average molecular weight is 529 g/mol. The fourth-order valence-corrected chi connectivity index (χ4v) is 5.32. The topological polar surface area (TPSA) is 60.7 Å². The molecule has 0 saturated carbocycles. The number of nitrogens with zero attached hydrogens (tertiary/aromatic N) is 2. The van der Waals surface area contributed by atoms with Gasteiger partial charge in [0.25, 0.3) is 5.56 Å². The maximum atomic E-state index is 13.5. The molecule has 0 amide bonds. The molecule has 1 aromatic heterocycles. The number of thiazole rings is 1. The number of thioether (sulfide) groups is 1. The zero-order valence-electron chi connectivity index (χ0n) is 17.8. The highest BCUT2D eigenvalue weighted by Gasteiger charge is 2.33. The second-order valence-electron chi connectivity index (χ2n) is 7.13. The maximum Gasteiger partial charge on any atom is 0.338 e. The molecule has 4 rings (SSSR count). The van der Waals surface area contributed by atoms with Crippen molar-refractivity contribution in [3.8, 4) is 0 Å². The maximum absolute atomic E-state index is 13.5. The van der Waals surface area contributed by atoms with E-state index in [0.29, 0.717) is 20.6 Å². The Morgan fingerprint density at radius 1 is 1.22 bits per heavy atom. The van der Waals surface area contributed by atoms with Crippen molar-refractivity contribution >= 4 is 51.1 Å². The molecule has 0 aliphatic carbocycles. The first-order valence-corrected chi connectivity index (χ1v) is 12.9. The summed E-state index contributed by atoms with van der Waals surface area (Å²) in [4.78, 5) is 32.7. The molecule has 0 unspecified atom stereocenters. The molecule has 2 aromatic carbocycles. The Labute approximate surface area is 202 Å². The number of benzene rings is 2. The Morgan fingerprint density at radius 3 is 2.53 bits per heavy atom. The molecular formula is C24H21BrN2O3S2. The molecule has 0 radical (unpaired) electrons. The summed E-state index contributed by atoms with van der Waals surface area (Å²) in [5, 5.41) is 0. The normalized spacial score (nSPS) is 16.0. The lowest BCUT2D eigenvalue weighted by Gasteiger charge is -2.24. The second kappa shape index (κ2) is 9.60. The summed E-state index contributed by atoms with van der Waals surface area (Å²) in [5.41, 5.74) is 2.55. The van der Waals surface area contributed by atoms with E-state index in [1.165, 1.54) is 11.3 Å². The first-order chi connectivity index (χ1) is 15.4. The van der Waals surface area contributed by atoms with E-state index < -0.39 is 12.0 Å². The van der Waals surface area contributed by atoms with E-state index in [-0.39, 0.29) is 12.2 Å². The van der Waals surface area contributed by atoms with Gasteiger partial charge in [-0.05, 0) is 61.6 Å². The molecule has 164 valence electrons. The van der Waals surface area contributed by atoms with Crippen LogP contribution in [0.4, 0.5) is 0 Å². The minimum Gasteiger partial charge on any atom is -0.463 e. The molecule has 3 aromatic rings. The fourth-order valence-electron chi connectivity index (χ4n) is 3.60. The number of halogens is 1. The number of esters is 1. The quantitative estimate of drug-likeness (QED) is 0.366. The summed E-state index contributed by atoms with van der Waals surface area (Å²) in [6.45, 7) is 3.81. The van der Waals surface area contributed by atoms with E-state index in [4.69, 9.17) is 4.74 Å². The predicted octanol–water partition coefficient (Wildman–Crippen LogP) is 4.28. The standard InChI is InChI=1S/C24H21BrN2O3S2/c1-4-30-23(29)20-14(2)26-24-27(21(20)16-7-11-18(31-3)12-8-16)22(28)19(32-24)13-15-5-9-17(25)10-6-15/h5-13,21H,4H2,1-3H3/b19-13+/t21-/m1/s1. The molecule has 32 heavy (non-hydrogen) atoms. The molecule has 2 heterocycles. The lowest BCUT2D eigenvalue weighted by molar-refractivity contribution is -0.139. The van der Waals surface area contributed by atoms with Crippen molar-refractivity contribution < 1.29 is 9.53 Å². The average Bonchev–Trinajstić information content (AvgIpc) is 3.09. The van der Waals surface area contributed by atoms with Crippen molar-refractivity contribution in [1.29, 1.82) is 0 Å². The van der Waals surface area contributed by atoms with Gasteiger partial charge in [0.15, 0.2) is 4.80 Å². The molecule has 0 saturated heterocycles. The monoisotopic (exact) mass is 528 g/mol. The van der Waals surface area contributed by atoms with Gasteiger partial charge in [-0.15, -0.1) is 11.8 Å². The number of carbonyl (C=O) groups is 1. The Balaban J connectivity index is 1.93. The fraction of sp³-hybridized carbons (Fsp3) is 0.208. The summed E-state index contributed by atoms with van der Waals surface area (Å²) in [5.74, 6) is -0.449. The number of fused-ring (bicyclic) bond motifs is 1. The van der Waals surface area contributed by atoms with Crippen LogP contribution in [0, 0.1) is 0 Å². The van der Waals surface area contributed by atoms with Gasteiger partial charge in [-0.25, -0.2) is 9.79 Å². The third-order valence-corrected chi connectivity index (χ3v) is 7.37. The largest absolute Gasteiger partial charge is 0.463 e. The molecule has 1 aliphatic heterocycles. The number of hydrogen-bond donors (Lipinski definition) is 0. The molecular weight excluding hydrogens is 508 g/mol. The highest BCUT2D eigenvalue weighted by atomic mass is 79.9. The van der Waals surface area contributed by atoms with E-state index in [2.05, 4.69) is 20.9 Å². The van der Waals surface area contributed by atoms with Crippen molar-refractivity contribution in [1.82, 2.24) is 4.57 Å². The van der Waals surface area contributed by atoms with Crippen LogP contribution in [0.3, 0.4) is 0 Å². The van der Waals surface area contributed by atoms with Gasteiger partial charge in [0.2, 0.25) is 0 Å². The van der Waals surface area contributed by atoms with Crippen LogP contribution in [0.15, 0.2) is 79.0 Å². The highest BCUT2D eigenvalue weighted by Crippen LogP contribution is 2.31. The molecule has 5 nitrogen and oxygen atoms in total. The van der Waals surface area contributed by atoms with Crippen LogP contribution in [-0.2, 0) is 9.53 Å². The molecule has 1 atom stereocenters. The summed E-state index contributed by atoms with van der Waals surface area (Å²) in [6, 6.07) is 15.1. The van der Waals surface area contributed by atoms with E-state index in [0.717, 1.165) is 20.5 Å².